The highest BCUT2D eigenvalue weighted by Gasteiger charge is 2.22. The molecule has 8 nitrogen and oxygen atoms in total. The number of aromatic amines is 1. The van der Waals surface area contributed by atoms with Gasteiger partial charge in [-0.05, 0) is 39.0 Å². The van der Waals surface area contributed by atoms with Gasteiger partial charge in [0.15, 0.2) is 0 Å². The molecule has 5 heterocycles. The summed E-state index contributed by atoms with van der Waals surface area (Å²) >= 11 is 0. The van der Waals surface area contributed by atoms with Gasteiger partial charge in [-0.15, -0.1) is 0 Å². The summed E-state index contributed by atoms with van der Waals surface area (Å²) in [5.41, 5.74) is 4.80. The largest absolute Gasteiger partial charge is 0.376 e. The molecule has 8 heteroatoms. The zero-order valence-electron chi connectivity index (χ0n) is 18.6. The SMILES string of the molecule is C[C@@H]1CN(c2cccc([C@H](C)Nc3ccnc4[nH]cc(-c5cncnc5)c34)n2)C[C@H](C)N1. The van der Waals surface area contributed by atoms with Gasteiger partial charge < -0.3 is 20.5 Å². The average Bonchev–Trinajstić information content (AvgIpc) is 3.24. The highest BCUT2D eigenvalue weighted by Crippen LogP contribution is 2.34. The molecule has 1 aliphatic heterocycles. The van der Waals surface area contributed by atoms with Crippen LogP contribution in [0.1, 0.15) is 32.5 Å². The molecule has 4 aromatic rings. The van der Waals surface area contributed by atoms with E-state index < -0.39 is 0 Å². The van der Waals surface area contributed by atoms with Crippen LogP contribution in [0.4, 0.5) is 11.5 Å². The Morgan fingerprint density at radius 2 is 1.88 bits per heavy atom. The number of fused-ring (bicyclic) bond motifs is 1. The number of aromatic nitrogens is 5. The summed E-state index contributed by atoms with van der Waals surface area (Å²) in [7, 11) is 0. The average molecular weight is 429 g/mol. The molecule has 0 spiro atoms. The third kappa shape index (κ3) is 4.01. The first-order valence-electron chi connectivity index (χ1n) is 11.0. The van der Waals surface area contributed by atoms with Crippen molar-refractivity contribution < 1.29 is 0 Å². The van der Waals surface area contributed by atoms with Crippen LogP contribution in [0.25, 0.3) is 22.2 Å². The summed E-state index contributed by atoms with van der Waals surface area (Å²) in [5, 5.41) is 8.26. The molecule has 0 aromatic carbocycles. The van der Waals surface area contributed by atoms with Gasteiger partial charge in [0, 0.05) is 72.2 Å². The maximum Gasteiger partial charge on any atom is 0.139 e. The van der Waals surface area contributed by atoms with Crippen LogP contribution in [0.3, 0.4) is 0 Å². The van der Waals surface area contributed by atoms with Gasteiger partial charge in [0.2, 0.25) is 0 Å². The minimum absolute atomic E-state index is 0.0214. The molecule has 0 aliphatic carbocycles. The quantitative estimate of drug-likeness (QED) is 0.445. The fourth-order valence-corrected chi connectivity index (χ4v) is 4.52. The highest BCUT2D eigenvalue weighted by atomic mass is 15.3. The van der Waals surface area contributed by atoms with Crippen molar-refractivity contribution in [2.45, 2.75) is 38.9 Å². The Kier molecular flexibility index (Phi) is 5.45. The van der Waals surface area contributed by atoms with Crippen LogP contribution in [-0.4, -0.2) is 50.1 Å². The van der Waals surface area contributed by atoms with E-state index in [1.54, 1.807) is 0 Å². The van der Waals surface area contributed by atoms with Gasteiger partial charge in [-0.1, -0.05) is 6.07 Å². The Balaban J connectivity index is 1.43. The van der Waals surface area contributed by atoms with Crippen molar-refractivity contribution in [2.75, 3.05) is 23.3 Å². The number of anilines is 2. The van der Waals surface area contributed by atoms with Gasteiger partial charge in [0.1, 0.15) is 17.8 Å². The molecule has 0 amide bonds. The number of nitrogens with zero attached hydrogens (tertiary/aromatic N) is 5. The fraction of sp³-hybridized carbons (Fsp3) is 0.333. The summed E-state index contributed by atoms with van der Waals surface area (Å²) < 4.78 is 0. The number of H-pyrrole nitrogens is 1. The molecule has 1 fully saturated rings. The maximum atomic E-state index is 5.00. The van der Waals surface area contributed by atoms with Crippen LogP contribution in [0.5, 0.6) is 0 Å². The maximum absolute atomic E-state index is 5.00. The first-order valence-corrected chi connectivity index (χ1v) is 11.0. The number of hydrogen-bond acceptors (Lipinski definition) is 7. The summed E-state index contributed by atoms with van der Waals surface area (Å²) in [4.78, 5) is 23.5. The lowest BCUT2D eigenvalue weighted by Crippen LogP contribution is -2.54. The van der Waals surface area contributed by atoms with Gasteiger partial charge in [-0.25, -0.2) is 19.9 Å². The molecule has 3 N–H and O–H groups in total. The first kappa shape index (κ1) is 20.4. The predicted octanol–water partition coefficient (Wildman–Crippen LogP) is 3.77. The molecule has 1 aliphatic rings. The number of rotatable bonds is 5. The minimum atomic E-state index is 0.0214. The summed E-state index contributed by atoms with van der Waals surface area (Å²) in [6.45, 7) is 8.49. The zero-order valence-corrected chi connectivity index (χ0v) is 18.6. The molecule has 0 radical (unpaired) electrons. The normalized spacial score (nSPS) is 19.8. The fourth-order valence-electron chi connectivity index (χ4n) is 4.52. The zero-order chi connectivity index (χ0) is 22.1. The van der Waals surface area contributed by atoms with Crippen molar-refractivity contribution in [1.29, 1.82) is 0 Å². The molecule has 0 bridgehead atoms. The van der Waals surface area contributed by atoms with Crippen molar-refractivity contribution in [3.05, 3.63) is 61.1 Å². The molecule has 0 saturated carbocycles. The lowest BCUT2D eigenvalue weighted by molar-refractivity contribution is 0.405. The second-order valence-electron chi connectivity index (χ2n) is 8.57. The van der Waals surface area contributed by atoms with Gasteiger partial charge in [0.05, 0.1) is 11.7 Å². The lowest BCUT2D eigenvalue weighted by Gasteiger charge is -2.37. The van der Waals surface area contributed by atoms with E-state index in [-0.39, 0.29) is 6.04 Å². The van der Waals surface area contributed by atoms with Crippen LogP contribution in [0.15, 0.2) is 55.4 Å². The Morgan fingerprint density at radius 3 is 2.66 bits per heavy atom. The van der Waals surface area contributed by atoms with E-state index in [9.17, 15) is 0 Å². The van der Waals surface area contributed by atoms with Crippen LogP contribution < -0.4 is 15.5 Å². The molecule has 0 unspecified atom stereocenters. The topological polar surface area (TPSA) is 94.7 Å². The summed E-state index contributed by atoms with van der Waals surface area (Å²) in [6.07, 6.45) is 8.94. The third-order valence-electron chi connectivity index (χ3n) is 5.90. The predicted molar refractivity (Wildman–Crippen MR) is 128 cm³/mol. The summed E-state index contributed by atoms with van der Waals surface area (Å²) in [6, 6.07) is 9.19. The van der Waals surface area contributed by atoms with Crippen LogP contribution in [-0.2, 0) is 0 Å². The van der Waals surface area contributed by atoms with E-state index in [1.807, 2.05) is 30.9 Å². The second kappa shape index (κ2) is 8.55. The van der Waals surface area contributed by atoms with E-state index in [1.165, 1.54) is 6.33 Å². The Bertz CT molecular complexity index is 1200. The Labute approximate surface area is 187 Å². The van der Waals surface area contributed by atoms with E-state index in [0.717, 1.165) is 52.4 Å². The van der Waals surface area contributed by atoms with E-state index >= 15 is 0 Å². The van der Waals surface area contributed by atoms with Crippen molar-refractivity contribution >= 4 is 22.5 Å². The van der Waals surface area contributed by atoms with Crippen molar-refractivity contribution in [3.63, 3.8) is 0 Å². The first-order chi connectivity index (χ1) is 15.6. The van der Waals surface area contributed by atoms with Crippen LogP contribution >= 0.6 is 0 Å². The van der Waals surface area contributed by atoms with Crippen molar-refractivity contribution in [1.82, 2.24) is 30.2 Å². The van der Waals surface area contributed by atoms with Crippen LogP contribution in [0.2, 0.25) is 0 Å². The Morgan fingerprint density at radius 1 is 1.09 bits per heavy atom. The number of pyridine rings is 2. The molecule has 4 aromatic heterocycles. The lowest BCUT2D eigenvalue weighted by atomic mass is 10.1. The monoisotopic (exact) mass is 428 g/mol. The van der Waals surface area contributed by atoms with Gasteiger partial charge in [-0.3, -0.25) is 0 Å². The molecule has 5 rings (SSSR count). The smallest absolute Gasteiger partial charge is 0.139 e. The van der Waals surface area contributed by atoms with Gasteiger partial charge in [-0.2, -0.15) is 0 Å². The summed E-state index contributed by atoms with van der Waals surface area (Å²) in [5.74, 6) is 1.03. The van der Waals surface area contributed by atoms with Crippen molar-refractivity contribution in [3.8, 4) is 11.1 Å². The second-order valence-corrected chi connectivity index (χ2v) is 8.57. The molecule has 32 heavy (non-hydrogen) atoms. The molecular weight excluding hydrogens is 400 g/mol. The third-order valence-corrected chi connectivity index (χ3v) is 5.90. The standard InChI is InChI=1S/C24H28N8/c1-15-12-32(13-16(2)29-15)22-6-4-5-20(31-22)17(3)30-21-7-8-27-24-23(21)19(11-28-24)18-9-25-14-26-10-18/h4-11,14-17,29H,12-13H2,1-3H3,(H2,27,28,30)/t15-,16+,17-/m0/s1. The van der Waals surface area contributed by atoms with E-state index in [4.69, 9.17) is 4.98 Å². The molecular formula is C24H28N8. The number of piperazine rings is 1. The van der Waals surface area contributed by atoms with Gasteiger partial charge in [0.25, 0.3) is 0 Å². The Hall–Kier alpha value is -3.52. The van der Waals surface area contributed by atoms with Gasteiger partial charge >= 0.3 is 0 Å². The van der Waals surface area contributed by atoms with E-state index in [0.29, 0.717) is 12.1 Å². The van der Waals surface area contributed by atoms with Crippen molar-refractivity contribution in [2.24, 2.45) is 0 Å². The van der Waals surface area contributed by atoms with E-state index in [2.05, 4.69) is 74.4 Å². The minimum Gasteiger partial charge on any atom is -0.376 e. The molecule has 164 valence electrons. The van der Waals surface area contributed by atoms with Crippen LogP contribution in [0, 0.1) is 0 Å². The molecule has 1 saturated heterocycles. The number of nitrogens with one attached hydrogen (secondary N) is 3. The molecule has 3 atom stereocenters. The highest BCUT2D eigenvalue weighted by molar-refractivity contribution is 6.02. The number of hydrogen-bond donors (Lipinski definition) is 3.